The minimum Gasteiger partial charge on any atom is -0.497 e. The molecular weight excluding hydrogens is 276 g/mol. The quantitative estimate of drug-likeness (QED) is 0.897. The third-order valence-electron chi connectivity index (χ3n) is 3.66. The molecule has 0 aliphatic carbocycles. The third-order valence-corrected chi connectivity index (χ3v) is 3.66. The van der Waals surface area contributed by atoms with Crippen LogP contribution in [-0.4, -0.2) is 26.1 Å². The number of halogens is 1. The number of carbonyl (C=O) groups is 1. The SMILES string of the molecule is COc1cccc(C(C)NC(=O)C2CCNCC2)c1.Cl. The summed E-state index contributed by atoms with van der Waals surface area (Å²) in [4.78, 5) is 12.2. The number of ether oxygens (including phenoxy) is 1. The molecule has 0 spiro atoms. The molecule has 1 aliphatic rings. The van der Waals surface area contributed by atoms with E-state index in [1.165, 1.54) is 0 Å². The van der Waals surface area contributed by atoms with Crippen LogP contribution >= 0.6 is 12.4 Å². The largest absolute Gasteiger partial charge is 0.497 e. The van der Waals surface area contributed by atoms with Crippen molar-refractivity contribution >= 4 is 18.3 Å². The molecule has 1 amide bonds. The number of piperidine rings is 1. The standard InChI is InChI=1S/C15H22N2O2.ClH/c1-11(13-4-3-5-14(10-13)19-2)17-15(18)12-6-8-16-9-7-12;/h3-5,10-12,16H,6-9H2,1-2H3,(H,17,18);1H. The van der Waals surface area contributed by atoms with Crippen LogP contribution < -0.4 is 15.4 Å². The van der Waals surface area contributed by atoms with Gasteiger partial charge in [0.2, 0.25) is 5.91 Å². The van der Waals surface area contributed by atoms with Crippen LogP contribution in [0.4, 0.5) is 0 Å². The Balaban J connectivity index is 0.00000200. The Morgan fingerprint density at radius 3 is 2.75 bits per heavy atom. The van der Waals surface area contributed by atoms with E-state index in [1.54, 1.807) is 7.11 Å². The molecule has 4 nitrogen and oxygen atoms in total. The Labute approximate surface area is 126 Å². The monoisotopic (exact) mass is 298 g/mol. The van der Waals surface area contributed by atoms with Crippen LogP contribution in [0.5, 0.6) is 5.75 Å². The van der Waals surface area contributed by atoms with Crippen LogP contribution in [0.15, 0.2) is 24.3 Å². The molecule has 2 N–H and O–H groups in total. The minimum absolute atomic E-state index is 0. The molecule has 1 saturated heterocycles. The van der Waals surface area contributed by atoms with Gasteiger partial charge in [0.1, 0.15) is 5.75 Å². The Kier molecular flexibility index (Phi) is 6.82. The van der Waals surface area contributed by atoms with E-state index in [0.717, 1.165) is 37.2 Å². The second-order valence-corrected chi connectivity index (χ2v) is 5.03. The first kappa shape index (κ1) is 16.8. The number of rotatable bonds is 4. The maximum absolute atomic E-state index is 12.2. The van der Waals surface area contributed by atoms with Crippen molar-refractivity contribution in [2.45, 2.75) is 25.8 Å². The van der Waals surface area contributed by atoms with E-state index in [0.29, 0.717) is 0 Å². The van der Waals surface area contributed by atoms with E-state index in [-0.39, 0.29) is 30.3 Å². The van der Waals surface area contributed by atoms with Crippen molar-refractivity contribution in [1.82, 2.24) is 10.6 Å². The van der Waals surface area contributed by atoms with Crippen molar-refractivity contribution in [2.24, 2.45) is 5.92 Å². The van der Waals surface area contributed by atoms with Gasteiger partial charge in [-0.2, -0.15) is 0 Å². The zero-order valence-corrected chi connectivity index (χ0v) is 12.8. The van der Waals surface area contributed by atoms with Crippen LogP contribution in [0.1, 0.15) is 31.4 Å². The Bertz CT molecular complexity index is 434. The van der Waals surface area contributed by atoms with Crippen molar-refractivity contribution in [3.63, 3.8) is 0 Å². The van der Waals surface area contributed by atoms with Gasteiger partial charge in [-0.1, -0.05) is 12.1 Å². The van der Waals surface area contributed by atoms with Crippen LogP contribution in [-0.2, 0) is 4.79 Å². The highest BCUT2D eigenvalue weighted by Crippen LogP contribution is 2.20. The van der Waals surface area contributed by atoms with E-state index in [2.05, 4.69) is 10.6 Å². The summed E-state index contributed by atoms with van der Waals surface area (Å²) in [7, 11) is 1.65. The minimum atomic E-state index is 0. The van der Waals surface area contributed by atoms with Gasteiger partial charge in [0.05, 0.1) is 13.2 Å². The fourth-order valence-corrected chi connectivity index (χ4v) is 2.41. The van der Waals surface area contributed by atoms with Gasteiger partial charge in [-0.15, -0.1) is 12.4 Å². The number of hydrogen-bond acceptors (Lipinski definition) is 3. The van der Waals surface area contributed by atoms with E-state index >= 15 is 0 Å². The number of amides is 1. The number of nitrogens with one attached hydrogen (secondary N) is 2. The average molecular weight is 299 g/mol. The first-order valence-electron chi connectivity index (χ1n) is 6.85. The summed E-state index contributed by atoms with van der Waals surface area (Å²) in [5, 5.41) is 6.37. The molecule has 1 unspecified atom stereocenters. The molecule has 0 aromatic heterocycles. The summed E-state index contributed by atoms with van der Waals surface area (Å²) < 4.78 is 5.21. The Morgan fingerprint density at radius 2 is 2.10 bits per heavy atom. The van der Waals surface area contributed by atoms with Crippen molar-refractivity contribution in [3.05, 3.63) is 29.8 Å². The van der Waals surface area contributed by atoms with Gasteiger partial charge in [-0.25, -0.2) is 0 Å². The summed E-state index contributed by atoms with van der Waals surface area (Å²) in [6, 6.07) is 7.84. The third kappa shape index (κ3) is 4.39. The van der Waals surface area contributed by atoms with E-state index < -0.39 is 0 Å². The van der Waals surface area contributed by atoms with E-state index in [9.17, 15) is 4.79 Å². The highest BCUT2D eigenvalue weighted by atomic mass is 35.5. The van der Waals surface area contributed by atoms with Crippen molar-refractivity contribution in [1.29, 1.82) is 0 Å². The molecule has 1 aromatic carbocycles. The van der Waals surface area contributed by atoms with Crippen LogP contribution in [0.25, 0.3) is 0 Å². The van der Waals surface area contributed by atoms with Gasteiger partial charge in [0, 0.05) is 5.92 Å². The van der Waals surface area contributed by atoms with E-state index in [1.807, 2.05) is 31.2 Å². The van der Waals surface area contributed by atoms with Gasteiger partial charge in [-0.05, 0) is 50.6 Å². The molecule has 5 heteroatoms. The maximum Gasteiger partial charge on any atom is 0.223 e. The normalized spacial score (nSPS) is 16.9. The fourth-order valence-electron chi connectivity index (χ4n) is 2.41. The molecule has 1 aliphatic heterocycles. The summed E-state index contributed by atoms with van der Waals surface area (Å²) in [6.45, 7) is 3.88. The van der Waals surface area contributed by atoms with E-state index in [4.69, 9.17) is 4.74 Å². The summed E-state index contributed by atoms with van der Waals surface area (Å²) in [6.07, 6.45) is 1.85. The molecule has 1 aromatic rings. The molecule has 1 heterocycles. The molecule has 0 radical (unpaired) electrons. The number of hydrogen-bond donors (Lipinski definition) is 2. The van der Waals surface area contributed by atoms with Gasteiger partial charge in [-0.3, -0.25) is 4.79 Å². The van der Waals surface area contributed by atoms with Crippen molar-refractivity contribution in [2.75, 3.05) is 20.2 Å². The topological polar surface area (TPSA) is 50.4 Å². The second-order valence-electron chi connectivity index (χ2n) is 5.03. The maximum atomic E-state index is 12.2. The zero-order valence-electron chi connectivity index (χ0n) is 12.0. The lowest BCUT2D eigenvalue weighted by Gasteiger charge is -2.24. The predicted molar refractivity (Wildman–Crippen MR) is 82.4 cm³/mol. The first-order valence-corrected chi connectivity index (χ1v) is 6.85. The molecule has 20 heavy (non-hydrogen) atoms. The summed E-state index contributed by atoms with van der Waals surface area (Å²) >= 11 is 0. The van der Waals surface area contributed by atoms with Crippen LogP contribution in [0.2, 0.25) is 0 Å². The smallest absolute Gasteiger partial charge is 0.223 e. The lowest BCUT2D eigenvalue weighted by molar-refractivity contribution is -0.126. The second kappa shape index (κ2) is 8.12. The average Bonchev–Trinajstić information content (AvgIpc) is 2.48. The lowest BCUT2D eigenvalue weighted by Crippen LogP contribution is -2.39. The Morgan fingerprint density at radius 1 is 1.40 bits per heavy atom. The van der Waals surface area contributed by atoms with Gasteiger partial charge in [0.25, 0.3) is 0 Å². The molecule has 112 valence electrons. The van der Waals surface area contributed by atoms with Gasteiger partial charge < -0.3 is 15.4 Å². The molecule has 2 rings (SSSR count). The van der Waals surface area contributed by atoms with Gasteiger partial charge >= 0.3 is 0 Å². The van der Waals surface area contributed by atoms with Gasteiger partial charge in [0.15, 0.2) is 0 Å². The molecule has 0 bridgehead atoms. The predicted octanol–water partition coefficient (Wildman–Crippen LogP) is 2.29. The first-order chi connectivity index (χ1) is 9.20. The highest BCUT2D eigenvalue weighted by Gasteiger charge is 2.22. The molecular formula is C15H23ClN2O2. The molecule has 1 fully saturated rings. The Hall–Kier alpha value is -1.26. The van der Waals surface area contributed by atoms with Crippen molar-refractivity contribution in [3.8, 4) is 5.75 Å². The number of methoxy groups -OCH3 is 1. The lowest BCUT2D eigenvalue weighted by atomic mass is 9.96. The highest BCUT2D eigenvalue weighted by molar-refractivity contribution is 5.85. The number of benzene rings is 1. The van der Waals surface area contributed by atoms with Crippen LogP contribution in [0, 0.1) is 5.92 Å². The molecule has 1 atom stereocenters. The zero-order chi connectivity index (χ0) is 13.7. The molecule has 0 saturated carbocycles. The fraction of sp³-hybridized carbons (Fsp3) is 0.533. The number of carbonyl (C=O) groups excluding carboxylic acids is 1. The summed E-state index contributed by atoms with van der Waals surface area (Å²) in [5.74, 6) is 1.13. The van der Waals surface area contributed by atoms with Crippen molar-refractivity contribution < 1.29 is 9.53 Å². The summed E-state index contributed by atoms with van der Waals surface area (Å²) in [5.41, 5.74) is 1.07. The van der Waals surface area contributed by atoms with Crippen LogP contribution in [0.3, 0.4) is 0 Å².